The van der Waals surface area contributed by atoms with Gasteiger partial charge in [-0.2, -0.15) is 0 Å². The van der Waals surface area contributed by atoms with Gasteiger partial charge in [0.15, 0.2) is 0 Å². The van der Waals surface area contributed by atoms with E-state index < -0.39 is 0 Å². The molecular weight excluding hydrogens is 217 g/mol. The molecule has 2 nitrogen and oxygen atoms in total. The molecule has 0 amide bonds. The smallest absolute Gasteiger partial charge is 0.0641 e. The van der Waals surface area contributed by atoms with Gasteiger partial charge in [-0.15, -0.1) is 0 Å². The molecule has 69 valence electrons. The predicted octanol–water partition coefficient (Wildman–Crippen LogP) is 1.78. The van der Waals surface area contributed by atoms with Crippen molar-refractivity contribution in [3.8, 4) is 0 Å². The summed E-state index contributed by atoms with van der Waals surface area (Å²) in [5, 5.41) is 8.45. The Morgan fingerprint density at radius 1 is 1.09 bits per heavy atom. The Labute approximate surface area is 96.3 Å². The molecule has 3 N–H and O–H groups in total. The van der Waals surface area contributed by atoms with Crippen molar-refractivity contribution in [1.29, 1.82) is 0 Å². The zero-order valence-electron chi connectivity index (χ0n) is 6.23. The molecule has 0 aliphatic carbocycles. The van der Waals surface area contributed by atoms with Crippen LogP contribution in [-0.4, -0.2) is 17.2 Å². The van der Waals surface area contributed by atoms with Gasteiger partial charge < -0.3 is 10.6 Å². The largest absolute Gasteiger partial charge is 0.412 e. The van der Waals surface area contributed by atoms with E-state index in [0.717, 1.165) is 5.57 Å². The van der Waals surface area contributed by atoms with E-state index in [-0.39, 0.29) is 59.6 Å². The van der Waals surface area contributed by atoms with Crippen molar-refractivity contribution < 1.29 is 43.3 Å². The fraction of sp³-hybridized carbons (Fsp3) is 0.750. The maximum absolute atomic E-state index is 8.45. The molecule has 3 heteroatoms. The zero-order valence-corrected chi connectivity index (χ0v) is 9.07. The fourth-order valence-corrected chi connectivity index (χ4v) is 0.158. The predicted molar refractivity (Wildman–Crippen MR) is 48.2 cm³/mol. The van der Waals surface area contributed by atoms with Crippen LogP contribution in [0.1, 0.15) is 35.6 Å². The van der Waals surface area contributed by atoms with Crippen LogP contribution in [0, 0.1) is 0 Å². The summed E-state index contributed by atoms with van der Waals surface area (Å²) in [4.78, 5) is 0. The van der Waals surface area contributed by atoms with Crippen LogP contribution in [0.2, 0.25) is 0 Å². The van der Waals surface area contributed by atoms with E-state index in [1.165, 1.54) is 5.57 Å². The third kappa shape index (κ3) is 18.1. The van der Waals surface area contributed by atoms with Crippen LogP contribution >= 0.6 is 0 Å². The van der Waals surface area contributed by atoms with E-state index in [4.69, 9.17) is 5.11 Å². The standard InChI is InChI=1S/C6H12O.2CH4.H2O.Y/c1-5(2)6(3)4-7;;;;/h7H,4H2,1-3H3;2*1H4;1H2;. The number of allylic oxidation sites excluding steroid dienone is 1. The van der Waals surface area contributed by atoms with Gasteiger partial charge in [-0.05, 0) is 26.3 Å². The first-order chi connectivity index (χ1) is 3.18. The zero-order chi connectivity index (χ0) is 5.86. The Morgan fingerprint density at radius 3 is 1.36 bits per heavy atom. The number of aliphatic hydroxyl groups is 1. The Bertz CT molecular complexity index is 86.1. The molecule has 11 heavy (non-hydrogen) atoms. The number of hydrogen-bond acceptors (Lipinski definition) is 1. The molecule has 0 atom stereocenters. The molecule has 1 radical (unpaired) electrons. The second kappa shape index (κ2) is 17.0. The minimum absolute atomic E-state index is 0. The van der Waals surface area contributed by atoms with Crippen LogP contribution in [0.15, 0.2) is 11.1 Å². The monoisotopic (exact) mass is 239 g/mol. The van der Waals surface area contributed by atoms with Gasteiger partial charge >= 0.3 is 0 Å². The van der Waals surface area contributed by atoms with Gasteiger partial charge in [0.1, 0.15) is 0 Å². The molecule has 0 aromatic heterocycles. The van der Waals surface area contributed by atoms with E-state index in [1.807, 2.05) is 20.8 Å². The molecule has 0 saturated carbocycles. The normalized spacial score (nSPS) is 5.45. The molecule has 0 aromatic carbocycles. The number of rotatable bonds is 1. The molecule has 0 unspecified atom stereocenters. The van der Waals surface area contributed by atoms with E-state index in [0.29, 0.717) is 0 Å². The van der Waals surface area contributed by atoms with Crippen molar-refractivity contribution >= 4 is 0 Å². The molecular formula is C8H22O2Y. The van der Waals surface area contributed by atoms with Crippen molar-refractivity contribution in [1.82, 2.24) is 0 Å². The summed E-state index contributed by atoms with van der Waals surface area (Å²) in [6.45, 7) is 6.11. The average molecular weight is 239 g/mol. The summed E-state index contributed by atoms with van der Waals surface area (Å²) < 4.78 is 0. The van der Waals surface area contributed by atoms with Crippen molar-refractivity contribution in [2.75, 3.05) is 6.61 Å². The summed E-state index contributed by atoms with van der Waals surface area (Å²) in [5.41, 5.74) is 2.28. The Morgan fingerprint density at radius 2 is 1.36 bits per heavy atom. The SMILES string of the molecule is C.C.CC(C)=C(C)CO.O.[Y]. The molecule has 0 saturated heterocycles. The molecule has 0 rings (SSSR count). The van der Waals surface area contributed by atoms with Crippen molar-refractivity contribution in [3.05, 3.63) is 11.1 Å². The minimum Gasteiger partial charge on any atom is -0.412 e. The number of hydrogen-bond donors (Lipinski definition) is 1. The summed E-state index contributed by atoms with van der Waals surface area (Å²) >= 11 is 0. The fourth-order valence-electron chi connectivity index (χ4n) is 0.158. The van der Waals surface area contributed by atoms with Crippen LogP contribution in [0.3, 0.4) is 0 Å². The second-order valence-corrected chi connectivity index (χ2v) is 1.94. The topological polar surface area (TPSA) is 51.7 Å². The summed E-state index contributed by atoms with van der Waals surface area (Å²) in [7, 11) is 0. The average Bonchev–Trinajstić information content (AvgIpc) is 1.65. The first-order valence-electron chi connectivity index (χ1n) is 2.42. The summed E-state index contributed by atoms with van der Waals surface area (Å²) in [6, 6.07) is 0. The Kier molecular flexibility index (Phi) is 46.1. The van der Waals surface area contributed by atoms with Crippen LogP contribution in [0.5, 0.6) is 0 Å². The van der Waals surface area contributed by atoms with E-state index in [1.54, 1.807) is 0 Å². The molecule has 0 aliphatic heterocycles. The molecule has 0 fully saturated rings. The Hall–Kier alpha value is 0.764. The van der Waals surface area contributed by atoms with Crippen molar-refractivity contribution in [3.63, 3.8) is 0 Å². The van der Waals surface area contributed by atoms with Gasteiger partial charge in [-0.3, -0.25) is 0 Å². The van der Waals surface area contributed by atoms with Gasteiger partial charge in [-0.1, -0.05) is 20.4 Å². The molecule has 0 aliphatic rings. The maximum Gasteiger partial charge on any atom is 0.0641 e. The molecule has 0 heterocycles. The van der Waals surface area contributed by atoms with E-state index in [2.05, 4.69) is 0 Å². The van der Waals surface area contributed by atoms with Crippen molar-refractivity contribution in [2.45, 2.75) is 35.6 Å². The second-order valence-electron chi connectivity index (χ2n) is 1.94. The van der Waals surface area contributed by atoms with Crippen LogP contribution in [-0.2, 0) is 32.7 Å². The third-order valence-corrected chi connectivity index (χ3v) is 1.09. The molecule has 0 spiro atoms. The van der Waals surface area contributed by atoms with Gasteiger partial charge in [-0.25, -0.2) is 0 Å². The maximum atomic E-state index is 8.45. The van der Waals surface area contributed by atoms with Gasteiger partial charge in [0.05, 0.1) is 6.61 Å². The van der Waals surface area contributed by atoms with Gasteiger partial charge in [0, 0.05) is 32.7 Å². The van der Waals surface area contributed by atoms with Gasteiger partial charge in [0.2, 0.25) is 0 Å². The summed E-state index contributed by atoms with van der Waals surface area (Å²) in [6.07, 6.45) is 0. The van der Waals surface area contributed by atoms with E-state index >= 15 is 0 Å². The Balaban J connectivity index is -0.0000000300. The summed E-state index contributed by atoms with van der Waals surface area (Å²) in [5.74, 6) is 0. The van der Waals surface area contributed by atoms with Crippen LogP contribution in [0.4, 0.5) is 0 Å². The minimum atomic E-state index is 0. The third-order valence-electron chi connectivity index (χ3n) is 1.09. The van der Waals surface area contributed by atoms with E-state index in [9.17, 15) is 0 Å². The first-order valence-corrected chi connectivity index (χ1v) is 2.42. The molecule has 0 bridgehead atoms. The number of aliphatic hydroxyl groups excluding tert-OH is 1. The van der Waals surface area contributed by atoms with Crippen molar-refractivity contribution in [2.24, 2.45) is 0 Å². The first kappa shape index (κ1) is 29.8. The molecule has 0 aromatic rings. The quantitative estimate of drug-likeness (QED) is 0.696. The van der Waals surface area contributed by atoms with Crippen LogP contribution in [0.25, 0.3) is 0 Å². The van der Waals surface area contributed by atoms with Gasteiger partial charge in [0.25, 0.3) is 0 Å². The van der Waals surface area contributed by atoms with Crippen LogP contribution < -0.4 is 0 Å².